The lowest BCUT2D eigenvalue weighted by Gasteiger charge is -2.06. The first kappa shape index (κ1) is 18.8. The van der Waals surface area contributed by atoms with Gasteiger partial charge in [0.05, 0.1) is 16.8 Å². The van der Waals surface area contributed by atoms with Crippen molar-refractivity contribution in [3.63, 3.8) is 0 Å². The second-order valence-electron chi connectivity index (χ2n) is 5.03. The molecule has 0 radical (unpaired) electrons. The Labute approximate surface area is 148 Å². The number of amides is 3. The molecule has 0 bridgehead atoms. The number of nitrogens with zero attached hydrogens (tertiary/aromatic N) is 1. The monoisotopic (exact) mass is 365 g/mol. The molecule has 0 fully saturated rings. The summed E-state index contributed by atoms with van der Waals surface area (Å²) in [5.74, 6) is -1.39. The van der Waals surface area contributed by atoms with Gasteiger partial charge in [-0.25, -0.2) is 14.6 Å². The number of para-hydroxylation sites is 1. The van der Waals surface area contributed by atoms with Gasteiger partial charge in [0, 0.05) is 6.54 Å². The van der Waals surface area contributed by atoms with Crippen molar-refractivity contribution in [1.82, 2.24) is 15.6 Å². The van der Waals surface area contributed by atoms with Gasteiger partial charge in [0.15, 0.2) is 6.61 Å². The largest absolute Gasteiger partial charge is 0.454 e. The van der Waals surface area contributed by atoms with Crippen molar-refractivity contribution >= 4 is 39.5 Å². The van der Waals surface area contributed by atoms with Crippen LogP contribution in [0.1, 0.15) is 18.4 Å². The molecule has 0 aliphatic heterocycles. The van der Waals surface area contributed by atoms with Gasteiger partial charge in [-0.15, -0.1) is 11.3 Å². The molecule has 0 aliphatic rings. The number of benzene rings is 1. The zero-order chi connectivity index (χ0) is 18.1. The first-order chi connectivity index (χ1) is 12.1. The first-order valence-electron chi connectivity index (χ1n) is 7.74. The molecule has 0 unspecified atom stereocenters. The van der Waals surface area contributed by atoms with E-state index in [-0.39, 0.29) is 13.2 Å². The van der Waals surface area contributed by atoms with Crippen LogP contribution in [-0.4, -0.2) is 42.7 Å². The average Bonchev–Trinajstić information content (AvgIpc) is 3.01. The van der Waals surface area contributed by atoms with Crippen molar-refractivity contribution in [3.05, 3.63) is 29.3 Å². The molecule has 25 heavy (non-hydrogen) atoms. The van der Waals surface area contributed by atoms with E-state index < -0.39 is 24.5 Å². The molecule has 0 spiro atoms. The molecule has 1 aromatic heterocycles. The summed E-state index contributed by atoms with van der Waals surface area (Å²) in [6.45, 7) is 1.69. The maximum atomic E-state index is 11.5. The van der Waals surface area contributed by atoms with Crippen molar-refractivity contribution in [3.8, 4) is 0 Å². The highest BCUT2D eigenvalue weighted by atomic mass is 32.1. The summed E-state index contributed by atoms with van der Waals surface area (Å²) in [7, 11) is 0. The minimum atomic E-state index is -0.701. The lowest BCUT2D eigenvalue weighted by atomic mass is 10.3. The summed E-state index contributed by atoms with van der Waals surface area (Å²) < 4.78 is 11.0. The first-order valence-corrected chi connectivity index (χ1v) is 8.55. The van der Waals surface area contributed by atoms with E-state index in [1.165, 1.54) is 11.3 Å². The number of carbonyl (C=O) groups excluding carboxylic acids is 3. The van der Waals surface area contributed by atoms with Crippen LogP contribution in [-0.2, 0) is 25.7 Å². The van der Waals surface area contributed by atoms with Crippen LogP contribution in [0.25, 0.3) is 10.2 Å². The van der Waals surface area contributed by atoms with Gasteiger partial charge in [0.2, 0.25) is 0 Å². The molecule has 0 aliphatic carbocycles. The molecule has 2 N–H and O–H groups in total. The van der Waals surface area contributed by atoms with E-state index in [1.54, 1.807) is 0 Å². The van der Waals surface area contributed by atoms with Gasteiger partial charge in [-0.3, -0.25) is 10.1 Å². The van der Waals surface area contributed by atoms with Gasteiger partial charge in [-0.2, -0.15) is 0 Å². The average molecular weight is 365 g/mol. The zero-order valence-electron chi connectivity index (χ0n) is 13.7. The Balaban J connectivity index is 1.63. The van der Waals surface area contributed by atoms with Crippen LogP contribution in [0.3, 0.4) is 0 Å². The minimum Gasteiger partial charge on any atom is -0.454 e. The van der Waals surface area contributed by atoms with Crippen molar-refractivity contribution in [2.75, 3.05) is 19.8 Å². The Morgan fingerprint density at radius 1 is 1.20 bits per heavy atom. The third-order valence-electron chi connectivity index (χ3n) is 2.94. The molecule has 2 aromatic rings. The Bertz CT molecular complexity index is 713. The van der Waals surface area contributed by atoms with Crippen molar-refractivity contribution in [2.24, 2.45) is 0 Å². The third-order valence-corrected chi connectivity index (χ3v) is 3.95. The summed E-state index contributed by atoms with van der Waals surface area (Å²) in [6, 6.07) is 7.07. The lowest BCUT2D eigenvalue weighted by molar-refractivity contribution is -0.153. The van der Waals surface area contributed by atoms with Crippen LogP contribution < -0.4 is 10.6 Å². The smallest absolute Gasteiger partial charge is 0.332 e. The number of urea groups is 1. The number of thiazole rings is 1. The molecule has 8 nitrogen and oxygen atoms in total. The highest BCUT2D eigenvalue weighted by molar-refractivity contribution is 7.18. The molecule has 9 heteroatoms. The molecule has 3 amide bonds. The van der Waals surface area contributed by atoms with E-state index in [0.717, 1.165) is 21.6 Å². The Kier molecular flexibility index (Phi) is 7.30. The van der Waals surface area contributed by atoms with Crippen LogP contribution in [0.2, 0.25) is 0 Å². The quantitative estimate of drug-likeness (QED) is 0.688. The number of ether oxygens (including phenoxy) is 2. The number of hydrogen-bond donors (Lipinski definition) is 2. The summed E-state index contributed by atoms with van der Waals surface area (Å²) in [5, 5.41) is 5.27. The summed E-state index contributed by atoms with van der Waals surface area (Å²) in [4.78, 5) is 38.6. The lowest BCUT2D eigenvalue weighted by Crippen LogP contribution is -2.41. The van der Waals surface area contributed by atoms with Gasteiger partial charge in [-0.1, -0.05) is 19.1 Å². The van der Waals surface area contributed by atoms with Crippen LogP contribution in [0, 0.1) is 0 Å². The normalized spacial score (nSPS) is 10.4. The van der Waals surface area contributed by atoms with E-state index >= 15 is 0 Å². The van der Waals surface area contributed by atoms with E-state index in [4.69, 9.17) is 9.47 Å². The Morgan fingerprint density at radius 2 is 2.00 bits per heavy atom. The fourth-order valence-corrected chi connectivity index (χ4v) is 2.74. The van der Waals surface area contributed by atoms with Crippen molar-refractivity contribution < 1.29 is 23.9 Å². The van der Waals surface area contributed by atoms with E-state index in [9.17, 15) is 14.4 Å². The Hall–Kier alpha value is -2.52. The topological polar surface area (TPSA) is 107 Å². The minimum absolute atomic E-state index is 0.181. The van der Waals surface area contributed by atoms with Gasteiger partial charge in [0.25, 0.3) is 5.91 Å². The van der Waals surface area contributed by atoms with Crippen LogP contribution in [0.15, 0.2) is 24.3 Å². The molecular formula is C16H19N3O5S. The summed E-state index contributed by atoms with van der Waals surface area (Å²) in [5.41, 5.74) is 0.881. The van der Waals surface area contributed by atoms with Crippen molar-refractivity contribution in [1.29, 1.82) is 0 Å². The summed E-state index contributed by atoms with van der Waals surface area (Å²) in [6.07, 6.45) is 0.753. The number of fused-ring (bicyclic) bond motifs is 1. The fraction of sp³-hybridized carbons (Fsp3) is 0.375. The third kappa shape index (κ3) is 6.48. The predicted molar refractivity (Wildman–Crippen MR) is 92.1 cm³/mol. The molecule has 1 heterocycles. The number of hydrogen-bond acceptors (Lipinski definition) is 7. The highest BCUT2D eigenvalue weighted by Gasteiger charge is 2.11. The molecule has 1 aromatic carbocycles. The Morgan fingerprint density at radius 3 is 2.76 bits per heavy atom. The van der Waals surface area contributed by atoms with Crippen LogP contribution in [0.4, 0.5) is 4.79 Å². The summed E-state index contributed by atoms with van der Waals surface area (Å²) >= 11 is 1.48. The number of carbonyl (C=O) groups is 3. The maximum Gasteiger partial charge on any atom is 0.332 e. The number of nitrogens with one attached hydrogen (secondary N) is 2. The molecule has 0 atom stereocenters. The second kappa shape index (κ2) is 9.70. The van der Waals surface area contributed by atoms with Gasteiger partial charge >= 0.3 is 12.0 Å². The van der Waals surface area contributed by atoms with E-state index in [2.05, 4.69) is 15.6 Å². The predicted octanol–water partition coefficient (Wildman–Crippen LogP) is 1.59. The molecule has 0 saturated heterocycles. The fourth-order valence-electron chi connectivity index (χ4n) is 1.84. The van der Waals surface area contributed by atoms with Crippen LogP contribution >= 0.6 is 11.3 Å². The SMILES string of the molecule is CCCNC(=O)NC(=O)COC(=O)COCc1nc2ccccc2s1. The molecule has 0 saturated carbocycles. The molecular weight excluding hydrogens is 346 g/mol. The van der Waals surface area contributed by atoms with Gasteiger partial charge in [0.1, 0.15) is 11.6 Å². The number of esters is 1. The van der Waals surface area contributed by atoms with E-state index in [0.29, 0.717) is 6.54 Å². The van der Waals surface area contributed by atoms with Crippen molar-refractivity contribution in [2.45, 2.75) is 20.0 Å². The number of imide groups is 1. The molecule has 134 valence electrons. The second-order valence-corrected chi connectivity index (χ2v) is 6.15. The standard InChI is InChI=1S/C16H19N3O5S/c1-2-7-17-16(22)19-13(20)8-24-15(21)10-23-9-14-18-11-5-3-4-6-12(11)25-14/h3-6H,2,7-10H2,1H3,(H2,17,19,20,22). The number of rotatable bonds is 8. The highest BCUT2D eigenvalue weighted by Crippen LogP contribution is 2.21. The zero-order valence-corrected chi connectivity index (χ0v) is 14.6. The van der Waals surface area contributed by atoms with Crippen LogP contribution in [0.5, 0.6) is 0 Å². The number of aromatic nitrogens is 1. The van der Waals surface area contributed by atoms with Gasteiger partial charge < -0.3 is 14.8 Å². The van der Waals surface area contributed by atoms with E-state index in [1.807, 2.05) is 31.2 Å². The maximum absolute atomic E-state index is 11.5. The van der Waals surface area contributed by atoms with Gasteiger partial charge in [-0.05, 0) is 18.6 Å². The molecule has 2 rings (SSSR count).